The second-order valence-corrected chi connectivity index (χ2v) is 6.79. The summed E-state index contributed by atoms with van der Waals surface area (Å²) >= 11 is 0. The molecule has 3 nitrogen and oxygen atoms in total. The minimum Gasteiger partial charge on any atom is -0.394 e. The summed E-state index contributed by atoms with van der Waals surface area (Å²) in [6.07, 6.45) is 2.47. The van der Waals surface area contributed by atoms with Gasteiger partial charge in [0.2, 0.25) is 0 Å². The van der Waals surface area contributed by atoms with Crippen molar-refractivity contribution in [2.24, 2.45) is 0 Å². The summed E-state index contributed by atoms with van der Waals surface area (Å²) < 4.78 is 11.4. The zero-order valence-corrected chi connectivity index (χ0v) is 13.9. The molecule has 0 bridgehead atoms. The number of hydrogen-bond acceptors (Lipinski definition) is 3. The predicted molar refractivity (Wildman–Crippen MR) is 91.1 cm³/mol. The van der Waals surface area contributed by atoms with Gasteiger partial charge in [-0.15, -0.1) is 0 Å². The molecule has 2 atom stereocenters. The van der Waals surface area contributed by atoms with Crippen LogP contribution < -0.4 is 5.32 Å². The maximum absolute atomic E-state index is 11.4. The Balaban J connectivity index is 2.14. The molecule has 0 amide bonds. The van der Waals surface area contributed by atoms with Crippen molar-refractivity contribution in [1.82, 2.24) is 5.32 Å². The van der Waals surface area contributed by atoms with E-state index in [1.807, 2.05) is 54.6 Å². The largest absolute Gasteiger partial charge is 0.394 e. The maximum atomic E-state index is 11.4. The highest BCUT2D eigenvalue weighted by Crippen LogP contribution is 2.25. The van der Waals surface area contributed by atoms with Crippen LogP contribution in [0, 0.1) is 0 Å². The highest BCUT2D eigenvalue weighted by molar-refractivity contribution is 7.84. The molecule has 0 aliphatic rings. The third-order valence-electron chi connectivity index (χ3n) is 4.09. The lowest BCUT2D eigenvalue weighted by Gasteiger charge is -2.33. The molecular formula is C18H23NO2S. The van der Waals surface area contributed by atoms with Crippen LogP contribution in [0.3, 0.4) is 0 Å². The Morgan fingerprint density at radius 3 is 2.23 bits per heavy atom. The van der Waals surface area contributed by atoms with E-state index in [2.05, 4.69) is 12.2 Å². The Kier molecular flexibility index (Phi) is 5.89. The summed E-state index contributed by atoms with van der Waals surface area (Å²) in [4.78, 5) is 0.829. The number of nitrogens with one attached hydrogen (secondary N) is 1. The quantitative estimate of drug-likeness (QED) is 0.825. The average molecular weight is 317 g/mol. The van der Waals surface area contributed by atoms with Gasteiger partial charge in [-0.05, 0) is 29.7 Å². The molecule has 2 N–H and O–H groups in total. The Hall–Kier alpha value is -1.49. The lowest BCUT2D eigenvalue weighted by molar-refractivity contribution is 0.154. The van der Waals surface area contributed by atoms with Gasteiger partial charge in [0, 0.05) is 28.5 Å². The fraction of sp³-hybridized carbons (Fsp3) is 0.333. The van der Waals surface area contributed by atoms with Gasteiger partial charge < -0.3 is 10.4 Å². The molecule has 22 heavy (non-hydrogen) atoms. The van der Waals surface area contributed by atoms with Gasteiger partial charge in [0.05, 0.1) is 12.1 Å². The van der Waals surface area contributed by atoms with Crippen LogP contribution in [0.5, 0.6) is 0 Å². The van der Waals surface area contributed by atoms with Gasteiger partial charge >= 0.3 is 0 Å². The molecule has 0 radical (unpaired) electrons. The molecule has 0 heterocycles. The Morgan fingerprint density at radius 2 is 1.73 bits per heavy atom. The number of aliphatic hydroxyl groups excluding tert-OH is 1. The van der Waals surface area contributed by atoms with Crippen LogP contribution in [0.1, 0.15) is 24.5 Å². The Labute approximate surface area is 134 Å². The number of rotatable bonds is 7. The van der Waals surface area contributed by atoms with Crippen LogP contribution >= 0.6 is 0 Å². The van der Waals surface area contributed by atoms with E-state index in [1.165, 1.54) is 0 Å². The molecule has 0 spiro atoms. The molecule has 0 saturated carbocycles. The van der Waals surface area contributed by atoms with Gasteiger partial charge in [0.1, 0.15) is 0 Å². The van der Waals surface area contributed by atoms with Gasteiger partial charge in [0.15, 0.2) is 0 Å². The van der Waals surface area contributed by atoms with Gasteiger partial charge in [-0.2, -0.15) is 0 Å². The fourth-order valence-electron chi connectivity index (χ4n) is 2.52. The molecule has 4 heteroatoms. The second kappa shape index (κ2) is 7.68. The molecule has 0 aliphatic carbocycles. The van der Waals surface area contributed by atoms with Gasteiger partial charge in [0.25, 0.3) is 0 Å². The van der Waals surface area contributed by atoms with Crippen LogP contribution in [0.25, 0.3) is 0 Å². The zero-order chi connectivity index (χ0) is 16.0. The highest BCUT2D eigenvalue weighted by Gasteiger charge is 2.28. The first-order valence-corrected chi connectivity index (χ1v) is 9.01. The monoisotopic (exact) mass is 317 g/mol. The standard InChI is InChI=1S/C18H23NO2S/c1-3-18(14-20,16-7-5-4-6-8-16)19-13-15-9-11-17(12-10-15)22(2)21/h4-12,19-20H,3,13-14H2,1-2H3/t18-,22-/m1/s1. The molecule has 2 aromatic carbocycles. The van der Waals surface area contributed by atoms with Gasteiger partial charge in [-0.25, -0.2) is 0 Å². The SMILES string of the molecule is CC[C@](CO)(NCc1ccc([S@@](C)=O)cc1)c1ccccc1. The molecule has 2 aromatic rings. The molecule has 2 rings (SSSR count). The van der Waals surface area contributed by atoms with Crippen LogP contribution in [-0.2, 0) is 22.9 Å². The van der Waals surface area contributed by atoms with E-state index in [0.29, 0.717) is 6.54 Å². The van der Waals surface area contributed by atoms with Crippen molar-refractivity contribution < 1.29 is 9.32 Å². The van der Waals surface area contributed by atoms with Crippen molar-refractivity contribution in [1.29, 1.82) is 0 Å². The van der Waals surface area contributed by atoms with Crippen LogP contribution in [0.15, 0.2) is 59.5 Å². The van der Waals surface area contributed by atoms with Crippen LogP contribution in [0.2, 0.25) is 0 Å². The van der Waals surface area contributed by atoms with Crippen molar-refractivity contribution in [3.05, 3.63) is 65.7 Å². The van der Waals surface area contributed by atoms with E-state index in [1.54, 1.807) is 6.26 Å². The smallest absolute Gasteiger partial charge is 0.0669 e. The van der Waals surface area contributed by atoms with E-state index in [9.17, 15) is 9.32 Å². The summed E-state index contributed by atoms with van der Waals surface area (Å²) in [5, 5.41) is 13.4. The lowest BCUT2D eigenvalue weighted by Crippen LogP contribution is -2.44. The Bertz CT molecular complexity index is 607. The van der Waals surface area contributed by atoms with Crippen LogP contribution in [0.4, 0.5) is 0 Å². The van der Waals surface area contributed by atoms with Crippen molar-refractivity contribution in [3.8, 4) is 0 Å². The first-order chi connectivity index (χ1) is 10.6. The zero-order valence-electron chi connectivity index (χ0n) is 13.1. The molecule has 0 aliphatic heterocycles. The molecule has 0 aromatic heterocycles. The molecule has 0 fully saturated rings. The van der Waals surface area contributed by atoms with E-state index in [4.69, 9.17) is 0 Å². The predicted octanol–water partition coefficient (Wildman–Crippen LogP) is 2.81. The average Bonchev–Trinajstić information content (AvgIpc) is 2.57. The highest BCUT2D eigenvalue weighted by atomic mass is 32.2. The van der Waals surface area contributed by atoms with Crippen molar-refractivity contribution in [2.75, 3.05) is 12.9 Å². The van der Waals surface area contributed by atoms with Crippen LogP contribution in [-0.4, -0.2) is 22.2 Å². The Morgan fingerprint density at radius 1 is 1.09 bits per heavy atom. The summed E-state index contributed by atoms with van der Waals surface area (Å²) in [5.74, 6) is 0. The van der Waals surface area contributed by atoms with Crippen molar-refractivity contribution >= 4 is 10.8 Å². The van der Waals surface area contributed by atoms with E-state index < -0.39 is 16.3 Å². The van der Waals surface area contributed by atoms with Crippen molar-refractivity contribution in [3.63, 3.8) is 0 Å². The summed E-state index contributed by atoms with van der Waals surface area (Å²) in [6, 6.07) is 17.8. The number of aliphatic hydroxyl groups is 1. The van der Waals surface area contributed by atoms with Gasteiger partial charge in [-0.3, -0.25) is 4.21 Å². The first-order valence-electron chi connectivity index (χ1n) is 7.45. The van der Waals surface area contributed by atoms with E-state index in [-0.39, 0.29) is 6.61 Å². The number of hydrogen-bond donors (Lipinski definition) is 2. The topological polar surface area (TPSA) is 49.3 Å². The molecular weight excluding hydrogens is 294 g/mol. The second-order valence-electron chi connectivity index (χ2n) is 5.41. The number of benzene rings is 2. The van der Waals surface area contributed by atoms with Crippen molar-refractivity contribution in [2.45, 2.75) is 30.3 Å². The maximum Gasteiger partial charge on any atom is 0.0669 e. The lowest BCUT2D eigenvalue weighted by atomic mass is 9.87. The van der Waals surface area contributed by atoms with Gasteiger partial charge in [-0.1, -0.05) is 49.4 Å². The first kappa shape index (κ1) is 16.9. The normalized spacial score (nSPS) is 15.2. The minimum atomic E-state index is -0.952. The summed E-state index contributed by atoms with van der Waals surface area (Å²) in [6.45, 7) is 2.77. The van der Waals surface area contributed by atoms with E-state index in [0.717, 1.165) is 22.4 Å². The third kappa shape index (κ3) is 3.83. The minimum absolute atomic E-state index is 0.0462. The van der Waals surface area contributed by atoms with E-state index >= 15 is 0 Å². The molecule has 0 saturated heterocycles. The summed E-state index contributed by atoms with van der Waals surface area (Å²) in [5.41, 5.74) is 1.76. The summed E-state index contributed by atoms with van der Waals surface area (Å²) in [7, 11) is -0.952. The fourth-order valence-corrected chi connectivity index (χ4v) is 3.04. The molecule has 118 valence electrons. The molecule has 0 unspecified atom stereocenters. The third-order valence-corrected chi connectivity index (χ3v) is 5.02.